The molecule has 6 fully saturated rings. The van der Waals surface area contributed by atoms with E-state index in [4.69, 9.17) is 4.74 Å². The summed E-state index contributed by atoms with van der Waals surface area (Å²) in [5.41, 5.74) is -2.21. The highest BCUT2D eigenvalue weighted by molar-refractivity contribution is 5.99. The summed E-state index contributed by atoms with van der Waals surface area (Å²) in [4.78, 5) is 181. The normalized spacial score (nSPS) is 34.6. The SMILES string of the molecule is CCO[C@@H]1C[C@H]2C(=O)NC3(CC(C)(C)C3)C(=O)N(C)[C@@H](C3CCCC3)C(O)N(C)[C@H](C(=O)N3CCCCC3)CC(=O)N(C)[C@H]3CCC/C=C/C4CCC(CC4)C[C@@H](C(=O)N(C)CC(=O)N[C@@H](CCC4CC(F)C(C(F)(F)F)C(F)C4)C(=O)N2C1)N1CC/C=C\C[C@@H](C1=O)N(C)C(=O)CN(C)C(=O)[C@H]([C@@H](C)CC)NC3=O. The fraction of sp³-hybridized carbons (Fsp3) is 0.812. The van der Waals surface area contributed by atoms with Gasteiger partial charge in [-0.05, 0) is 184 Å². The molecule has 6 bridgehead atoms. The van der Waals surface area contributed by atoms with Gasteiger partial charge in [0, 0.05) is 74.4 Å². The molecular weight excluding hydrogens is 1430 g/mol. The van der Waals surface area contributed by atoms with Crippen molar-refractivity contribution < 1.29 is 84.5 Å². The van der Waals surface area contributed by atoms with Crippen molar-refractivity contribution in [1.29, 1.82) is 0 Å². The number of aliphatic hydroxyl groups excluding tert-OH is 1. The van der Waals surface area contributed by atoms with Gasteiger partial charge >= 0.3 is 6.18 Å². The van der Waals surface area contributed by atoms with Crippen molar-refractivity contribution in [2.24, 2.45) is 40.9 Å². The minimum Gasteiger partial charge on any atom is -0.377 e. The Bertz CT molecular complexity index is 3310. The number of carbonyl (C=O) groups is 11. The fourth-order valence-electron chi connectivity index (χ4n) is 19.4. The molecule has 7 aliphatic heterocycles. The number of likely N-dealkylation sites (tertiary alicyclic amines) is 1. The monoisotopic (exact) mass is 1560 g/mol. The molecule has 0 radical (unpaired) electrons. The predicted molar refractivity (Wildman–Crippen MR) is 400 cm³/mol. The molecule has 0 aromatic rings. The molecule has 2 saturated heterocycles. The van der Waals surface area contributed by atoms with Crippen LogP contribution in [0.2, 0.25) is 0 Å². The standard InChI is InChI=1S/C80H125F5N12O13/c1-12-49(3)67-75(107)90(7)46-65(100)92(9)59-29-19-15-24-38-96(74(59)106)62-41-51-32-30-50(31-33-51)25-17-14-18-28-58(69(101)87-67)91(8)64(99)43-61(73(105)95-36-22-16-23-37-95)93(10)76(108)68(53-26-20-21-27-53)94(11)77(109)79(47-78(4,5)48-79)88-70(102)60-42-54(110-13-2)44-97(60)71(103)57(86-63(98)45-89(6)72(62)104)35-34-52-39-55(81)66(56(82)40-52)80(83,84)85/h15,17,19,25,49-62,66-68,76,108H,12-14,16,18,20-24,26-48H2,1-11H3,(H,86,98)(H,87,101)(H,88,102)/b19-15-,25-17+/t49-,50?,51?,52?,54+,55?,56?,57-,58-,59-,60-,61-,62-,66?,67-,68-,76?/m0/s1. The van der Waals surface area contributed by atoms with Gasteiger partial charge in [-0.15, -0.1) is 0 Å². The number of fused-ring (bicyclic) bond motifs is 22. The van der Waals surface area contributed by atoms with Crippen LogP contribution in [-0.4, -0.2) is 287 Å². The minimum atomic E-state index is -5.17. The van der Waals surface area contributed by atoms with E-state index in [2.05, 4.69) is 22.0 Å². The first-order valence-electron chi connectivity index (χ1n) is 40.8. The summed E-state index contributed by atoms with van der Waals surface area (Å²) in [5.74, 6) is -12.1. The highest BCUT2D eigenvalue weighted by Crippen LogP contribution is 2.50. The number of ether oxygens (including phenoxy) is 1. The lowest BCUT2D eigenvalue weighted by atomic mass is 9.58. The summed E-state index contributed by atoms with van der Waals surface area (Å²) < 4.78 is 79.4. The number of hydrogen-bond acceptors (Lipinski definition) is 14. The first-order valence-corrected chi connectivity index (χ1v) is 40.8. The van der Waals surface area contributed by atoms with Crippen LogP contribution in [0.4, 0.5) is 22.0 Å². The first-order chi connectivity index (χ1) is 52.0. The number of rotatable bonds is 9. The Balaban J connectivity index is 1.16. The second-order valence-corrected chi connectivity index (χ2v) is 34.4. The molecule has 0 aromatic carbocycles. The lowest BCUT2D eigenvalue weighted by Gasteiger charge is -2.55. The average Bonchev–Trinajstić information content (AvgIpc) is 0.950. The molecule has 25 nitrogen and oxygen atoms in total. The molecule has 11 amide bonds. The lowest BCUT2D eigenvalue weighted by Crippen LogP contribution is -2.72. The summed E-state index contributed by atoms with van der Waals surface area (Å²) in [5, 5.41) is 22.1. The molecular formula is C80H125F5N12O13. The zero-order valence-corrected chi connectivity index (χ0v) is 66.8. The largest absolute Gasteiger partial charge is 0.397 e. The summed E-state index contributed by atoms with van der Waals surface area (Å²) in [7, 11) is 8.80. The molecule has 0 aromatic heterocycles. The second kappa shape index (κ2) is 37.9. The lowest BCUT2D eigenvalue weighted by molar-refractivity contribution is -0.219. The van der Waals surface area contributed by atoms with E-state index in [0.29, 0.717) is 90.1 Å². The number of hydrogen-bond donors (Lipinski definition) is 4. The Morgan fingerprint density at radius 1 is 0.645 bits per heavy atom. The molecule has 3 unspecified atom stereocenters. The van der Waals surface area contributed by atoms with Crippen molar-refractivity contribution in [3.63, 3.8) is 0 Å². The minimum absolute atomic E-state index is 0.0204. The number of halogens is 5. The molecule has 11 aliphatic rings. The first kappa shape index (κ1) is 87.2. The van der Waals surface area contributed by atoms with Gasteiger partial charge in [-0.3, -0.25) is 57.6 Å². The van der Waals surface area contributed by atoms with Crippen molar-refractivity contribution in [3.8, 4) is 0 Å². The number of piperidine rings is 1. The number of nitrogens with one attached hydrogen (secondary N) is 3. The molecule has 4 saturated carbocycles. The summed E-state index contributed by atoms with van der Waals surface area (Å²) >= 11 is 0. The van der Waals surface area contributed by atoms with Gasteiger partial charge < -0.3 is 65.0 Å². The van der Waals surface area contributed by atoms with Crippen LogP contribution in [0.5, 0.6) is 0 Å². The van der Waals surface area contributed by atoms with Gasteiger partial charge in [0.1, 0.15) is 66.3 Å². The van der Waals surface area contributed by atoms with Crippen LogP contribution < -0.4 is 16.0 Å². The molecule has 1 spiro atoms. The molecule has 618 valence electrons. The van der Waals surface area contributed by atoms with Crippen LogP contribution in [0.25, 0.3) is 0 Å². The van der Waals surface area contributed by atoms with Crippen LogP contribution in [0.3, 0.4) is 0 Å². The van der Waals surface area contributed by atoms with E-state index in [0.717, 1.165) is 24.2 Å². The van der Waals surface area contributed by atoms with Crippen molar-refractivity contribution >= 4 is 65.0 Å². The van der Waals surface area contributed by atoms with Gasteiger partial charge in [0.25, 0.3) is 0 Å². The van der Waals surface area contributed by atoms with E-state index in [-0.39, 0.29) is 88.8 Å². The molecule has 110 heavy (non-hydrogen) atoms. The van der Waals surface area contributed by atoms with Crippen molar-refractivity contribution in [3.05, 3.63) is 24.3 Å². The second-order valence-electron chi connectivity index (χ2n) is 34.4. The van der Waals surface area contributed by atoms with E-state index in [1.165, 1.54) is 62.5 Å². The van der Waals surface area contributed by atoms with E-state index >= 15 is 47.1 Å². The number of allylic oxidation sites excluding steroid dienone is 2. The van der Waals surface area contributed by atoms with Crippen LogP contribution in [0.15, 0.2) is 24.3 Å². The highest BCUT2D eigenvalue weighted by atomic mass is 19.4. The molecule has 30 heteroatoms. The Labute approximate surface area is 646 Å². The van der Waals surface area contributed by atoms with Gasteiger partial charge in [-0.25, -0.2) is 8.78 Å². The van der Waals surface area contributed by atoms with Gasteiger partial charge in [-0.2, -0.15) is 13.2 Å². The maximum Gasteiger partial charge on any atom is 0.397 e. The summed E-state index contributed by atoms with van der Waals surface area (Å²) in [6, 6.07) is -10.2. The van der Waals surface area contributed by atoms with Gasteiger partial charge in [0.2, 0.25) is 65.0 Å². The highest BCUT2D eigenvalue weighted by Gasteiger charge is 2.60. The third-order valence-corrected chi connectivity index (χ3v) is 25.8. The molecule has 7 heterocycles. The average molecular weight is 1560 g/mol. The van der Waals surface area contributed by atoms with E-state index < -0.39 is 205 Å². The van der Waals surface area contributed by atoms with E-state index in [1.807, 2.05) is 32.9 Å². The van der Waals surface area contributed by atoms with Crippen molar-refractivity contribution in [1.82, 2.24) is 60.0 Å². The zero-order valence-electron chi connectivity index (χ0n) is 66.8. The number of nitrogens with zero attached hydrogens (tertiary/aromatic N) is 9. The van der Waals surface area contributed by atoms with Gasteiger partial charge in [0.15, 0.2) is 0 Å². The zero-order chi connectivity index (χ0) is 80.4. The van der Waals surface area contributed by atoms with Crippen LogP contribution in [-0.2, 0) is 57.5 Å². The Kier molecular flexibility index (Phi) is 30.0. The van der Waals surface area contributed by atoms with Crippen LogP contribution in [0.1, 0.15) is 202 Å². The Hall–Kier alpha value is -6.82. The maximum absolute atomic E-state index is 16.0. The summed E-state index contributed by atoms with van der Waals surface area (Å²) in [6.45, 7) is 8.62. The number of alkyl halides is 5. The Morgan fingerprint density at radius 3 is 1.92 bits per heavy atom. The quantitative estimate of drug-likeness (QED) is 0.105. The van der Waals surface area contributed by atoms with Crippen molar-refractivity contribution in [2.75, 3.05) is 88.2 Å². The Morgan fingerprint density at radius 2 is 1.29 bits per heavy atom. The maximum atomic E-state index is 16.0. The number of aliphatic hydroxyl groups is 1. The third kappa shape index (κ3) is 20.8. The van der Waals surface area contributed by atoms with Gasteiger partial charge in [0.05, 0.1) is 37.7 Å². The van der Waals surface area contributed by atoms with Crippen molar-refractivity contribution in [2.45, 2.75) is 286 Å². The fourth-order valence-corrected chi connectivity index (χ4v) is 19.4. The predicted octanol–water partition coefficient (Wildman–Crippen LogP) is 6.83. The number of carbonyl (C=O) groups excluding carboxylic acids is 11. The molecule has 11 rings (SSSR count). The number of likely N-dealkylation sites (N-methyl/N-ethyl adjacent to an activating group) is 6. The van der Waals surface area contributed by atoms with Gasteiger partial charge in [-0.1, -0.05) is 71.3 Å². The molecule has 4 N–H and O–H groups in total. The third-order valence-electron chi connectivity index (χ3n) is 25.8. The molecule has 4 aliphatic carbocycles. The summed E-state index contributed by atoms with van der Waals surface area (Å²) in [6.07, 6.45) is 1.93. The smallest absolute Gasteiger partial charge is 0.377 e. The van der Waals surface area contributed by atoms with Crippen LogP contribution in [0, 0.1) is 40.9 Å². The van der Waals surface area contributed by atoms with Crippen LogP contribution >= 0.6 is 0 Å². The topological polar surface area (TPSA) is 282 Å². The van der Waals surface area contributed by atoms with E-state index in [1.54, 1.807) is 38.9 Å². The molecule has 13 atom stereocenters. The van der Waals surface area contributed by atoms with E-state index in [9.17, 15) is 32.7 Å². The number of amides is 11.